The van der Waals surface area contributed by atoms with Crippen molar-refractivity contribution in [3.05, 3.63) is 42.6 Å². The maximum Gasteiger partial charge on any atom is 0.140 e. The van der Waals surface area contributed by atoms with Gasteiger partial charge in [0, 0.05) is 30.1 Å². The highest BCUT2D eigenvalue weighted by Crippen LogP contribution is 2.26. The minimum atomic E-state index is 0.629. The number of pyridine rings is 1. The minimum absolute atomic E-state index is 0.629. The number of hydrogen-bond acceptors (Lipinski definition) is 2. The summed E-state index contributed by atoms with van der Waals surface area (Å²) in [5.74, 6) is 0. The van der Waals surface area contributed by atoms with Crippen molar-refractivity contribution in [1.29, 1.82) is 0 Å². The smallest absolute Gasteiger partial charge is 0.140 e. The molecule has 0 aliphatic heterocycles. The molecule has 80 valence electrons. The molecule has 3 rings (SSSR count). The summed E-state index contributed by atoms with van der Waals surface area (Å²) in [6.07, 6.45) is 1.83. The molecule has 0 radical (unpaired) electrons. The van der Waals surface area contributed by atoms with E-state index in [-0.39, 0.29) is 0 Å². The van der Waals surface area contributed by atoms with Gasteiger partial charge in [-0.15, -0.1) is 0 Å². The molecule has 16 heavy (non-hydrogen) atoms. The van der Waals surface area contributed by atoms with Crippen LogP contribution in [0.5, 0.6) is 0 Å². The van der Waals surface area contributed by atoms with Gasteiger partial charge in [-0.1, -0.05) is 18.2 Å². The monoisotopic (exact) mass is 211 g/mol. The van der Waals surface area contributed by atoms with Gasteiger partial charge in [-0.2, -0.15) is 0 Å². The minimum Gasteiger partial charge on any atom is -0.329 e. The van der Waals surface area contributed by atoms with Crippen molar-refractivity contribution >= 4 is 21.9 Å². The van der Waals surface area contributed by atoms with Crippen LogP contribution in [0.15, 0.2) is 42.6 Å². The van der Waals surface area contributed by atoms with Crippen molar-refractivity contribution in [1.82, 2.24) is 9.55 Å². The van der Waals surface area contributed by atoms with Crippen LogP contribution in [0.1, 0.15) is 0 Å². The first-order valence-corrected chi connectivity index (χ1v) is 5.44. The second-order valence-corrected chi connectivity index (χ2v) is 3.83. The number of rotatable bonds is 2. The number of para-hydroxylation sites is 1. The lowest BCUT2D eigenvalue weighted by Gasteiger charge is -2.03. The van der Waals surface area contributed by atoms with Crippen LogP contribution in [0, 0.1) is 0 Å². The summed E-state index contributed by atoms with van der Waals surface area (Å²) < 4.78 is 2.19. The van der Waals surface area contributed by atoms with E-state index in [9.17, 15) is 0 Å². The average Bonchev–Trinajstić information content (AvgIpc) is 2.66. The third-order valence-electron chi connectivity index (χ3n) is 2.88. The zero-order valence-electron chi connectivity index (χ0n) is 8.93. The van der Waals surface area contributed by atoms with Crippen molar-refractivity contribution < 1.29 is 0 Å². The molecule has 2 heterocycles. The molecule has 0 unspecified atom stereocenters. The molecule has 0 fully saturated rings. The first-order chi connectivity index (χ1) is 7.92. The van der Waals surface area contributed by atoms with E-state index in [1.54, 1.807) is 0 Å². The molecule has 2 aromatic heterocycles. The first-order valence-electron chi connectivity index (χ1n) is 5.44. The van der Waals surface area contributed by atoms with Crippen LogP contribution >= 0.6 is 0 Å². The number of hydrogen-bond donors (Lipinski definition) is 1. The van der Waals surface area contributed by atoms with E-state index in [2.05, 4.69) is 33.8 Å². The molecule has 0 spiro atoms. The Balaban J connectivity index is 2.49. The van der Waals surface area contributed by atoms with Crippen molar-refractivity contribution in [3.8, 4) is 0 Å². The van der Waals surface area contributed by atoms with Crippen LogP contribution in [0.4, 0.5) is 0 Å². The summed E-state index contributed by atoms with van der Waals surface area (Å²) in [6, 6.07) is 12.4. The predicted molar refractivity (Wildman–Crippen MR) is 66.3 cm³/mol. The topological polar surface area (TPSA) is 43.8 Å². The second kappa shape index (κ2) is 3.61. The Labute approximate surface area is 93.5 Å². The number of aromatic nitrogens is 2. The van der Waals surface area contributed by atoms with E-state index in [0.29, 0.717) is 6.54 Å². The van der Waals surface area contributed by atoms with E-state index in [0.717, 1.165) is 12.2 Å². The van der Waals surface area contributed by atoms with E-state index in [1.165, 1.54) is 16.3 Å². The van der Waals surface area contributed by atoms with Crippen LogP contribution in [0.2, 0.25) is 0 Å². The van der Waals surface area contributed by atoms with Crippen LogP contribution in [-0.4, -0.2) is 16.1 Å². The quantitative estimate of drug-likeness (QED) is 0.705. The molecule has 2 N–H and O–H groups in total. The SMILES string of the molecule is NCCn1c2ccccc2c2cccnc21. The standard InChI is InChI=1S/C13H13N3/c14-7-9-16-12-6-2-1-4-10(12)11-5-3-8-15-13(11)16/h1-6,8H,7,9,14H2. The molecular weight excluding hydrogens is 198 g/mol. The molecule has 0 saturated heterocycles. The van der Waals surface area contributed by atoms with Gasteiger partial charge in [-0.05, 0) is 18.2 Å². The zero-order chi connectivity index (χ0) is 11.0. The zero-order valence-corrected chi connectivity index (χ0v) is 8.93. The molecule has 1 aromatic carbocycles. The van der Waals surface area contributed by atoms with Gasteiger partial charge < -0.3 is 10.3 Å². The summed E-state index contributed by atoms with van der Waals surface area (Å²) in [7, 11) is 0. The highest BCUT2D eigenvalue weighted by Gasteiger charge is 2.09. The van der Waals surface area contributed by atoms with E-state index in [4.69, 9.17) is 5.73 Å². The Morgan fingerprint density at radius 1 is 1.06 bits per heavy atom. The molecule has 3 nitrogen and oxygen atoms in total. The molecule has 0 aliphatic carbocycles. The van der Waals surface area contributed by atoms with Gasteiger partial charge in [0.1, 0.15) is 5.65 Å². The van der Waals surface area contributed by atoms with Gasteiger partial charge >= 0.3 is 0 Å². The van der Waals surface area contributed by atoms with Crippen molar-refractivity contribution in [2.75, 3.05) is 6.54 Å². The number of benzene rings is 1. The third kappa shape index (κ3) is 1.22. The molecular formula is C13H13N3. The molecule has 3 aromatic rings. The Bertz CT molecular complexity index is 587. The van der Waals surface area contributed by atoms with Crippen LogP contribution < -0.4 is 5.73 Å². The van der Waals surface area contributed by atoms with Gasteiger partial charge in [-0.3, -0.25) is 0 Å². The largest absolute Gasteiger partial charge is 0.329 e. The van der Waals surface area contributed by atoms with Crippen LogP contribution in [0.25, 0.3) is 21.9 Å². The summed E-state index contributed by atoms with van der Waals surface area (Å²) in [6.45, 7) is 1.44. The van der Waals surface area contributed by atoms with E-state index in [1.807, 2.05) is 18.3 Å². The molecule has 0 amide bonds. The lowest BCUT2D eigenvalue weighted by atomic mass is 10.2. The van der Waals surface area contributed by atoms with E-state index < -0.39 is 0 Å². The summed E-state index contributed by atoms with van der Waals surface area (Å²) in [5, 5.41) is 2.45. The van der Waals surface area contributed by atoms with Crippen LogP contribution in [-0.2, 0) is 6.54 Å². The fourth-order valence-corrected chi connectivity index (χ4v) is 2.23. The average molecular weight is 211 g/mol. The Hall–Kier alpha value is -1.87. The van der Waals surface area contributed by atoms with Crippen molar-refractivity contribution in [2.24, 2.45) is 5.73 Å². The van der Waals surface area contributed by atoms with Crippen molar-refractivity contribution in [3.63, 3.8) is 0 Å². The van der Waals surface area contributed by atoms with E-state index >= 15 is 0 Å². The first kappa shape index (κ1) is 9.36. The van der Waals surface area contributed by atoms with Crippen molar-refractivity contribution in [2.45, 2.75) is 6.54 Å². The maximum absolute atomic E-state index is 5.65. The molecule has 0 aliphatic rings. The molecule has 0 bridgehead atoms. The lowest BCUT2D eigenvalue weighted by molar-refractivity contribution is 0.750. The Morgan fingerprint density at radius 3 is 2.75 bits per heavy atom. The third-order valence-corrected chi connectivity index (χ3v) is 2.88. The maximum atomic E-state index is 5.65. The fraction of sp³-hybridized carbons (Fsp3) is 0.154. The Kier molecular flexibility index (Phi) is 2.11. The highest BCUT2D eigenvalue weighted by molar-refractivity contribution is 6.06. The predicted octanol–water partition coefficient (Wildman–Crippen LogP) is 2.15. The van der Waals surface area contributed by atoms with Gasteiger partial charge in [0.15, 0.2) is 0 Å². The summed E-state index contributed by atoms with van der Waals surface area (Å²) in [4.78, 5) is 4.44. The summed E-state index contributed by atoms with van der Waals surface area (Å²) in [5.41, 5.74) is 7.89. The summed E-state index contributed by atoms with van der Waals surface area (Å²) >= 11 is 0. The van der Waals surface area contributed by atoms with Gasteiger partial charge in [0.25, 0.3) is 0 Å². The Morgan fingerprint density at radius 2 is 1.88 bits per heavy atom. The highest BCUT2D eigenvalue weighted by atomic mass is 15.0. The number of fused-ring (bicyclic) bond motifs is 3. The lowest BCUT2D eigenvalue weighted by Crippen LogP contribution is -2.09. The normalized spacial score (nSPS) is 11.3. The second-order valence-electron chi connectivity index (χ2n) is 3.83. The molecule has 3 heteroatoms. The number of nitrogens with zero attached hydrogens (tertiary/aromatic N) is 2. The molecule has 0 saturated carbocycles. The van der Waals surface area contributed by atoms with Crippen LogP contribution in [0.3, 0.4) is 0 Å². The van der Waals surface area contributed by atoms with Gasteiger partial charge in [0.05, 0.1) is 5.52 Å². The molecule has 0 atom stereocenters. The van der Waals surface area contributed by atoms with Gasteiger partial charge in [0.2, 0.25) is 0 Å². The number of nitrogens with two attached hydrogens (primary N) is 1. The fourth-order valence-electron chi connectivity index (χ4n) is 2.23. The van der Waals surface area contributed by atoms with Gasteiger partial charge in [-0.25, -0.2) is 4.98 Å².